The monoisotopic (exact) mass is 409 g/mol. The fourth-order valence-corrected chi connectivity index (χ4v) is 3.28. The van der Waals surface area contributed by atoms with Gasteiger partial charge in [-0.2, -0.15) is 0 Å². The molecule has 0 aliphatic heterocycles. The maximum absolute atomic E-state index is 11.4. The number of hydrogen-bond donors (Lipinski definition) is 3. The Morgan fingerprint density at radius 2 is 1.76 bits per heavy atom. The Kier molecular flexibility index (Phi) is 5.44. The van der Waals surface area contributed by atoms with Crippen LogP contribution in [0.5, 0.6) is 11.5 Å². The van der Waals surface area contributed by atoms with Gasteiger partial charge in [-0.1, -0.05) is 41.9 Å². The SMILES string of the molecule is COc1cc(CNc2ccc3[nH]c(=O)[nH]c3c2)c(Cl)cc1OCc1ccccc1. The first-order chi connectivity index (χ1) is 14.1. The van der Waals surface area contributed by atoms with E-state index >= 15 is 0 Å². The highest BCUT2D eigenvalue weighted by atomic mass is 35.5. The van der Waals surface area contributed by atoms with Crippen molar-refractivity contribution in [1.82, 2.24) is 9.97 Å². The van der Waals surface area contributed by atoms with E-state index in [0.29, 0.717) is 29.7 Å². The van der Waals surface area contributed by atoms with Gasteiger partial charge in [-0.25, -0.2) is 4.79 Å². The van der Waals surface area contributed by atoms with Gasteiger partial charge >= 0.3 is 5.69 Å². The number of H-pyrrole nitrogens is 2. The number of halogens is 1. The van der Waals surface area contributed by atoms with Gasteiger partial charge in [-0.05, 0) is 35.4 Å². The highest BCUT2D eigenvalue weighted by Crippen LogP contribution is 2.34. The van der Waals surface area contributed by atoms with E-state index in [4.69, 9.17) is 21.1 Å². The van der Waals surface area contributed by atoms with E-state index in [1.807, 2.05) is 54.6 Å². The molecule has 0 saturated carbocycles. The molecule has 29 heavy (non-hydrogen) atoms. The Bertz CT molecular complexity index is 1190. The van der Waals surface area contributed by atoms with E-state index in [9.17, 15) is 4.79 Å². The second kappa shape index (κ2) is 8.32. The Morgan fingerprint density at radius 3 is 2.55 bits per heavy atom. The van der Waals surface area contributed by atoms with Crippen LogP contribution in [-0.2, 0) is 13.2 Å². The fraction of sp³-hybridized carbons (Fsp3) is 0.136. The number of imidazole rings is 1. The average Bonchev–Trinajstić information content (AvgIpc) is 3.11. The number of aromatic amines is 2. The van der Waals surface area contributed by atoms with E-state index in [2.05, 4.69) is 15.3 Å². The van der Waals surface area contributed by atoms with E-state index in [1.54, 1.807) is 13.2 Å². The van der Waals surface area contributed by atoms with Crippen molar-refractivity contribution in [3.63, 3.8) is 0 Å². The molecular formula is C22H20ClN3O3. The molecule has 4 rings (SSSR count). The maximum Gasteiger partial charge on any atom is 0.323 e. The maximum atomic E-state index is 11.4. The minimum absolute atomic E-state index is 0.226. The van der Waals surface area contributed by atoms with Crippen molar-refractivity contribution < 1.29 is 9.47 Å². The van der Waals surface area contributed by atoms with Crippen molar-refractivity contribution in [3.8, 4) is 11.5 Å². The van der Waals surface area contributed by atoms with Crippen molar-refractivity contribution in [2.75, 3.05) is 12.4 Å². The van der Waals surface area contributed by atoms with Crippen LogP contribution >= 0.6 is 11.6 Å². The highest BCUT2D eigenvalue weighted by molar-refractivity contribution is 6.31. The van der Waals surface area contributed by atoms with Crippen molar-refractivity contribution in [1.29, 1.82) is 0 Å². The summed E-state index contributed by atoms with van der Waals surface area (Å²) in [6.45, 7) is 0.925. The van der Waals surface area contributed by atoms with Crippen LogP contribution in [-0.4, -0.2) is 17.1 Å². The number of rotatable bonds is 7. The molecule has 0 atom stereocenters. The quantitative estimate of drug-likeness (QED) is 0.413. The predicted octanol–water partition coefficient (Wildman–Crippen LogP) is 4.71. The molecular weight excluding hydrogens is 390 g/mol. The summed E-state index contributed by atoms with van der Waals surface area (Å²) < 4.78 is 11.4. The Balaban J connectivity index is 1.48. The van der Waals surface area contributed by atoms with Gasteiger partial charge in [0.1, 0.15) is 6.61 Å². The van der Waals surface area contributed by atoms with Crippen LogP contribution in [0.4, 0.5) is 5.69 Å². The van der Waals surface area contributed by atoms with Gasteiger partial charge in [0.05, 0.1) is 18.1 Å². The average molecular weight is 410 g/mol. The zero-order valence-electron chi connectivity index (χ0n) is 15.8. The minimum atomic E-state index is -0.226. The van der Waals surface area contributed by atoms with Gasteiger partial charge in [-0.3, -0.25) is 0 Å². The van der Waals surface area contributed by atoms with Gasteiger partial charge in [-0.15, -0.1) is 0 Å². The van der Waals surface area contributed by atoms with Crippen LogP contribution in [0.25, 0.3) is 11.0 Å². The number of nitrogens with one attached hydrogen (secondary N) is 3. The number of hydrogen-bond acceptors (Lipinski definition) is 4. The minimum Gasteiger partial charge on any atom is -0.493 e. The van der Waals surface area contributed by atoms with Gasteiger partial charge in [0, 0.05) is 23.3 Å². The molecule has 0 spiro atoms. The second-order valence-corrected chi connectivity index (χ2v) is 6.97. The van der Waals surface area contributed by atoms with Crippen molar-refractivity contribution in [3.05, 3.63) is 87.3 Å². The van der Waals surface area contributed by atoms with Crippen LogP contribution in [0.2, 0.25) is 5.02 Å². The van der Waals surface area contributed by atoms with E-state index in [-0.39, 0.29) is 5.69 Å². The molecule has 0 fully saturated rings. The molecule has 0 radical (unpaired) electrons. The summed E-state index contributed by atoms with van der Waals surface area (Å²) >= 11 is 6.48. The number of benzene rings is 3. The summed E-state index contributed by atoms with van der Waals surface area (Å²) in [5, 5.41) is 3.90. The molecule has 0 saturated heterocycles. The highest BCUT2D eigenvalue weighted by Gasteiger charge is 2.11. The first kappa shape index (κ1) is 19.0. The van der Waals surface area contributed by atoms with Crippen molar-refractivity contribution in [2.45, 2.75) is 13.2 Å². The Labute approximate surface area is 172 Å². The zero-order chi connectivity index (χ0) is 20.2. The fourth-order valence-electron chi connectivity index (χ4n) is 3.06. The van der Waals surface area contributed by atoms with Crippen molar-refractivity contribution in [2.24, 2.45) is 0 Å². The van der Waals surface area contributed by atoms with Gasteiger partial charge in [0.25, 0.3) is 0 Å². The predicted molar refractivity (Wildman–Crippen MR) is 115 cm³/mol. The number of methoxy groups -OCH3 is 1. The molecule has 148 valence electrons. The third-order valence-electron chi connectivity index (χ3n) is 4.57. The van der Waals surface area contributed by atoms with Crippen LogP contribution < -0.4 is 20.5 Å². The summed E-state index contributed by atoms with van der Waals surface area (Å²) in [6, 6.07) is 19.2. The topological polar surface area (TPSA) is 79.1 Å². The molecule has 0 bridgehead atoms. The van der Waals surface area contributed by atoms with Gasteiger partial charge in [0.2, 0.25) is 0 Å². The number of fused-ring (bicyclic) bond motifs is 1. The van der Waals surface area contributed by atoms with E-state index in [0.717, 1.165) is 27.8 Å². The standard InChI is InChI=1S/C22H20ClN3O3/c1-28-20-9-15(12-24-16-7-8-18-19(10-16)26-22(27)25-18)17(23)11-21(20)29-13-14-5-3-2-4-6-14/h2-11,24H,12-13H2,1H3,(H2,25,26,27). The molecule has 0 amide bonds. The molecule has 4 aromatic rings. The second-order valence-electron chi connectivity index (χ2n) is 6.56. The number of ether oxygens (including phenoxy) is 2. The summed E-state index contributed by atoms with van der Waals surface area (Å²) in [4.78, 5) is 16.9. The third kappa shape index (κ3) is 4.38. The lowest BCUT2D eigenvalue weighted by atomic mass is 10.2. The first-order valence-corrected chi connectivity index (χ1v) is 9.49. The van der Waals surface area contributed by atoms with Gasteiger partial charge < -0.3 is 24.8 Å². The van der Waals surface area contributed by atoms with Crippen molar-refractivity contribution >= 4 is 28.3 Å². The van der Waals surface area contributed by atoms with Crippen LogP contribution in [0.15, 0.2) is 65.5 Å². The summed E-state index contributed by atoms with van der Waals surface area (Å²) in [5.41, 5.74) is 4.09. The molecule has 0 aliphatic rings. The van der Waals surface area contributed by atoms with Crippen LogP contribution in [0.1, 0.15) is 11.1 Å². The Hall–Kier alpha value is -3.38. The molecule has 3 N–H and O–H groups in total. The lowest BCUT2D eigenvalue weighted by molar-refractivity contribution is 0.284. The normalized spacial score (nSPS) is 10.8. The molecule has 0 unspecified atom stereocenters. The summed E-state index contributed by atoms with van der Waals surface area (Å²) in [6.07, 6.45) is 0. The molecule has 3 aromatic carbocycles. The molecule has 1 aromatic heterocycles. The van der Waals surface area contributed by atoms with E-state index in [1.165, 1.54) is 0 Å². The Morgan fingerprint density at radius 1 is 0.966 bits per heavy atom. The number of aromatic nitrogens is 2. The zero-order valence-corrected chi connectivity index (χ0v) is 16.5. The summed E-state index contributed by atoms with van der Waals surface area (Å²) in [7, 11) is 1.60. The van der Waals surface area contributed by atoms with Gasteiger partial charge in [0.15, 0.2) is 11.5 Å². The lowest BCUT2D eigenvalue weighted by Gasteiger charge is -2.15. The first-order valence-electron chi connectivity index (χ1n) is 9.11. The summed E-state index contributed by atoms with van der Waals surface area (Å²) in [5.74, 6) is 1.21. The molecule has 1 heterocycles. The number of anilines is 1. The van der Waals surface area contributed by atoms with E-state index < -0.39 is 0 Å². The molecule has 6 nitrogen and oxygen atoms in total. The largest absolute Gasteiger partial charge is 0.493 e. The third-order valence-corrected chi connectivity index (χ3v) is 4.92. The molecule has 7 heteroatoms. The lowest BCUT2D eigenvalue weighted by Crippen LogP contribution is -2.03. The van der Waals surface area contributed by atoms with Crippen LogP contribution in [0, 0.1) is 0 Å². The molecule has 0 aliphatic carbocycles. The smallest absolute Gasteiger partial charge is 0.323 e. The van der Waals surface area contributed by atoms with Crippen LogP contribution in [0.3, 0.4) is 0 Å².